The number of ether oxygens (including phenoxy) is 1. The molecule has 3 rings (SSSR count). The van der Waals surface area contributed by atoms with Crippen LogP contribution >= 0.6 is 0 Å². The summed E-state index contributed by atoms with van der Waals surface area (Å²) in [5, 5.41) is 11.7. The molecule has 1 heterocycles. The first kappa shape index (κ1) is 17.5. The van der Waals surface area contributed by atoms with Gasteiger partial charge in [0.25, 0.3) is 5.91 Å². The van der Waals surface area contributed by atoms with Crippen LogP contribution in [0, 0.1) is 18.3 Å². The second kappa shape index (κ2) is 7.70. The lowest BCUT2D eigenvalue weighted by molar-refractivity contribution is -0.127. The Balaban J connectivity index is 1.54. The number of rotatable bonds is 6. The minimum absolute atomic E-state index is 0.184. The molecule has 132 valence electrons. The van der Waals surface area contributed by atoms with Gasteiger partial charge in [-0.25, -0.2) is 4.98 Å². The largest absolute Gasteiger partial charge is 0.481 e. The van der Waals surface area contributed by atoms with E-state index in [-0.39, 0.29) is 5.91 Å². The summed E-state index contributed by atoms with van der Waals surface area (Å²) < 4.78 is 7.70. The van der Waals surface area contributed by atoms with E-state index < -0.39 is 6.10 Å². The van der Waals surface area contributed by atoms with Crippen LogP contribution in [0.15, 0.2) is 48.5 Å². The van der Waals surface area contributed by atoms with Crippen LogP contribution in [0.25, 0.3) is 11.0 Å². The van der Waals surface area contributed by atoms with Gasteiger partial charge >= 0.3 is 0 Å². The monoisotopic (exact) mass is 348 g/mol. The zero-order valence-electron chi connectivity index (χ0n) is 14.8. The first-order valence-electron chi connectivity index (χ1n) is 8.45. The SMILES string of the molecule is Cc1nc2ccccc2n1CCNC(=O)[C@H](C)Oc1ccc(C#N)cc1. The van der Waals surface area contributed by atoms with E-state index in [4.69, 9.17) is 10.00 Å². The van der Waals surface area contributed by atoms with Gasteiger partial charge in [-0.3, -0.25) is 4.79 Å². The van der Waals surface area contributed by atoms with Crippen LogP contribution in [0.5, 0.6) is 5.75 Å². The highest BCUT2D eigenvalue weighted by atomic mass is 16.5. The number of para-hydroxylation sites is 2. The zero-order chi connectivity index (χ0) is 18.5. The number of fused-ring (bicyclic) bond motifs is 1. The van der Waals surface area contributed by atoms with Crippen LogP contribution in [-0.4, -0.2) is 28.1 Å². The molecule has 1 amide bonds. The molecule has 0 aliphatic heterocycles. The zero-order valence-corrected chi connectivity index (χ0v) is 14.8. The Labute approximate surface area is 152 Å². The molecule has 3 aromatic rings. The highest BCUT2D eigenvalue weighted by Gasteiger charge is 2.14. The number of imidazole rings is 1. The van der Waals surface area contributed by atoms with Crippen LogP contribution in [0.2, 0.25) is 0 Å². The number of benzene rings is 2. The van der Waals surface area contributed by atoms with E-state index in [2.05, 4.69) is 14.9 Å². The number of nitriles is 1. The quantitative estimate of drug-likeness (QED) is 0.743. The number of hydrogen-bond donors (Lipinski definition) is 1. The van der Waals surface area contributed by atoms with Crippen LogP contribution < -0.4 is 10.1 Å². The summed E-state index contributed by atoms with van der Waals surface area (Å²) in [5.74, 6) is 1.29. The molecule has 6 nitrogen and oxygen atoms in total. The molecular formula is C20H20N4O2. The fraction of sp³-hybridized carbons (Fsp3) is 0.250. The van der Waals surface area contributed by atoms with E-state index in [1.165, 1.54) is 0 Å². The van der Waals surface area contributed by atoms with Crippen molar-refractivity contribution in [3.63, 3.8) is 0 Å². The van der Waals surface area contributed by atoms with Crippen molar-refractivity contribution in [2.75, 3.05) is 6.54 Å². The summed E-state index contributed by atoms with van der Waals surface area (Å²) in [6.45, 7) is 4.78. The highest BCUT2D eigenvalue weighted by molar-refractivity contribution is 5.80. The minimum Gasteiger partial charge on any atom is -0.481 e. The lowest BCUT2D eigenvalue weighted by Gasteiger charge is -2.15. The van der Waals surface area contributed by atoms with Gasteiger partial charge in [0, 0.05) is 13.1 Å². The average molecular weight is 348 g/mol. The van der Waals surface area contributed by atoms with Gasteiger partial charge in [-0.2, -0.15) is 5.26 Å². The molecule has 0 unspecified atom stereocenters. The smallest absolute Gasteiger partial charge is 0.260 e. The molecule has 1 N–H and O–H groups in total. The Bertz CT molecular complexity index is 954. The number of aromatic nitrogens is 2. The molecule has 0 fully saturated rings. The predicted octanol–water partition coefficient (Wildman–Crippen LogP) is 2.80. The Kier molecular flexibility index (Phi) is 5.18. The van der Waals surface area contributed by atoms with Gasteiger partial charge in [0.15, 0.2) is 6.10 Å². The second-order valence-electron chi connectivity index (χ2n) is 5.99. The van der Waals surface area contributed by atoms with Gasteiger partial charge in [0.05, 0.1) is 22.7 Å². The molecule has 0 spiro atoms. The number of aryl methyl sites for hydroxylation is 1. The summed E-state index contributed by atoms with van der Waals surface area (Å²) in [5.41, 5.74) is 2.56. The fourth-order valence-corrected chi connectivity index (χ4v) is 2.78. The van der Waals surface area contributed by atoms with Gasteiger partial charge in [-0.05, 0) is 50.2 Å². The summed E-state index contributed by atoms with van der Waals surface area (Å²) >= 11 is 0. The van der Waals surface area contributed by atoms with Crippen LogP contribution in [0.3, 0.4) is 0 Å². The summed E-state index contributed by atoms with van der Waals surface area (Å²) in [6, 6.07) is 16.7. The Morgan fingerprint density at radius 3 is 2.73 bits per heavy atom. The van der Waals surface area contributed by atoms with Gasteiger partial charge < -0.3 is 14.6 Å². The summed E-state index contributed by atoms with van der Waals surface area (Å²) in [4.78, 5) is 16.8. The molecule has 26 heavy (non-hydrogen) atoms. The van der Waals surface area contributed by atoms with Crippen molar-refractivity contribution >= 4 is 16.9 Å². The molecule has 2 aromatic carbocycles. The maximum atomic E-state index is 12.2. The first-order valence-corrected chi connectivity index (χ1v) is 8.45. The number of nitrogens with zero attached hydrogens (tertiary/aromatic N) is 3. The third kappa shape index (κ3) is 3.83. The Hall–Kier alpha value is -3.33. The molecule has 0 aliphatic rings. The lowest BCUT2D eigenvalue weighted by atomic mass is 10.2. The molecular weight excluding hydrogens is 328 g/mol. The number of carbonyl (C=O) groups excluding carboxylic acids is 1. The highest BCUT2D eigenvalue weighted by Crippen LogP contribution is 2.15. The van der Waals surface area contributed by atoms with Crippen molar-refractivity contribution in [2.24, 2.45) is 0 Å². The molecule has 0 saturated heterocycles. The molecule has 0 radical (unpaired) electrons. The third-order valence-electron chi connectivity index (χ3n) is 4.15. The van der Waals surface area contributed by atoms with E-state index in [9.17, 15) is 4.79 Å². The number of carbonyl (C=O) groups is 1. The average Bonchev–Trinajstić information content (AvgIpc) is 2.97. The van der Waals surface area contributed by atoms with E-state index >= 15 is 0 Å². The lowest BCUT2D eigenvalue weighted by Crippen LogP contribution is -2.38. The van der Waals surface area contributed by atoms with Crippen molar-refractivity contribution in [1.29, 1.82) is 5.26 Å². The normalized spacial score (nSPS) is 11.7. The van der Waals surface area contributed by atoms with E-state index in [0.717, 1.165) is 16.9 Å². The Morgan fingerprint density at radius 2 is 2.00 bits per heavy atom. The molecule has 6 heteroatoms. The standard InChI is InChI=1S/C20H20N4O2/c1-14(26-17-9-7-16(13-21)8-10-17)20(25)22-11-12-24-15(2)23-18-5-3-4-6-19(18)24/h3-10,14H,11-12H2,1-2H3,(H,22,25)/t14-/m0/s1. The molecule has 1 atom stereocenters. The number of amides is 1. The first-order chi connectivity index (χ1) is 12.6. The van der Waals surface area contributed by atoms with Crippen LogP contribution in [-0.2, 0) is 11.3 Å². The molecule has 0 aliphatic carbocycles. The van der Waals surface area contributed by atoms with E-state index in [0.29, 0.717) is 24.4 Å². The van der Waals surface area contributed by atoms with E-state index in [1.807, 2.05) is 37.3 Å². The second-order valence-corrected chi connectivity index (χ2v) is 5.99. The van der Waals surface area contributed by atoms with Gasteiger partial charge in [-0.15, -0.1) is 0 Å². The van der Waals surface area contributed by atoms with Crippen molar-refractivity contribution in [1.82, 2.24) is 14.9 Å². The number of hydrogen-bond acceptors (Lipinski definition) is 4. The van der Waals surface area contributed by atoms with Crippen LogP contribution in [0.1, 0.15) is 18.3 Å². The van der Waals surface area contributed by atoms with E-state index in [1.54, 1.807) is 31.2 Å². The Morgan fingerprint density at radius 1 is 1.27 bits per heavy atom. The van der Waals surface area contributed by atoms with Crippen molar-refractivity contribution in [3.8, 4) is 11.8 Å². The third-order valence-corrected chi connectivity index (χ3v) is 4.15. The summed E-state index contributed by atoms with van der Waals surface area (Å²) in [7, 11) is 0. The van der Waals surface area contributed by atoms with Gasteiger partial charge in [0.2, 0.25) is 0 Å². The van der Waals surface area contributed by atoms with Crippen LogP contribution in [0.4, 0.5) is 0 Å². The maximum absolute atomic E-state index is 12.2. The molecule has 0 saturated carbocycles. The molecule has 0 bridgehead atoms. The maximum Gasteiger partial charge on any atom is 0.260 e. The van der Waals surface area contributed by atoms with Gasteiger partial charge in [0.1, 0.15) is 11.6 Å². The number of nitrogens with one attached hydrogen (secondary N) is 1. The van der Waals surface area contributed by atoms with Crippen molar-refractivity contribution in [2.45, 2.75) is 26.5 Å². The topological polar surface area (TPSA) is 79.9 Å². The molecule has 1 aromatic heterocycles. The fourth-order valence-electron chi connectivity index (χ4n) is 2.78. The minimum atomic E-state index is -0.622. The van der Waals surface area contributed by atoms with Crippen molar-refractivity contribution < 1.29 is 9.53 Å². The predicted molar refractivity (Wildman–Crippen MR) is 98.7 cm³/mol. The van der Waals surface area contributed by atoms with Crippen molar-refractivity contribution in [3.05, 3.63) is 59.9 Å². The van der Waals surface area contributed by atoms with Gasteiger partial charge in [-0.1, -0.05) is 12.1 Å². The summed E-state index contributed by atoms with van der Waals surface area (Å²) in [6.07, 6.45) is -0.622.